The topological polar surface area (TPSA) is 66.7 Å². The fraction of sp³-hybridized carbons (Fsp3) is 0.286. The van der Waals surface area contributed by atoms with Crippen molar-refractivity contribution in [2.24, 2.45) is 10.6 Å². The summed E-state index contributed by atoms with van der Waals surface area (Å²) < 4.78 is 27.2. The zero-order valence-electron chi connectivity index (χ0n) is 20.4. The molecule has 0 radical (unpaired) electrons. The van der Waals surface area contributed by atoms with E-state index in [2.05, 4.69) is 48.1 Å². The van der Waals surface area contributed by atoms with E-state index in [-0.39, 0.29) is 0 Å². The Morgan fingerprint density at radius 1 is 0.973 bits per heavy atom. The third-order valence-electron chi connectivity index (χ3n) is 6.98. The van der Waals surface area contributed by atoms with E-state index in [1.54, 1.807) is 13.3 Å². The van der Waals surface area contributed by atoms with Crippen LogP contribution in [-0.2, 0) is 11.4 Å². The molecule has 4 heterocycles. The van der Waals surface area contributed by atoms with E-state index in [1.165, 1.54) is 11.8 Å². The van der Waals surface area contributed by atoms with E-state index in [0.29, 0.717) is 29.0 Å². The summed E-state index contributed by atoms with van der Waals surface area (Å²) in [6, 6.07) is 13.9. The van der Waals surface area contributed by atoms with Crippen LogP contribution >= 0.6 is 0 Å². The summed E-state index contributed by atoms with van der Waals surface area (Å²) in [6.07, 6.45) is 5.24. The summed E-state index contributed by atoms with van der Waals surface area (Å²) in [6.45, 7) is 7.16. The summed E-state index contributed by atoms with van der Waals surface area (Å²) >= 11 is 0. The van der Waals surface area contributed by atoms with Crippen molar-refractivity contribution >= 4 is 22.3 Å². The average Bonchev–Trinajstić information content (AvgIpc) is 2.87. The molecule has 0 aliphatic carbocycles. The molecule has 0 bridgehead atoms. The van der Waals surface area contributed by atoms with Crippen LogP contribution in [0.2, 0.25) is 0 Å². The van der Waals surface area contributed by atoms with Crippen LogP contribution in [0.4, 0.5) is 14.5 Å². The van der Waals surface area contributed by atoms with Crippen LogP contribution in [0.1, 0.15) is 23.7 Å². The molecule has 0 atom stereocenters. The van der Waals surface area contributed by atoms with Gasteiger partial charge in [-0.05, 0) is 55.0 Å². The Labute approximate surface area is 213 Å². The lowest BCUT2D eigenvalue weighted by molar-refractivity contribution is -0.0273. The molecule has 6 rings (SSSR count). The molecule has 1 spiro atoms. The van der Waals surface area contributed by atoms with Crippen LogP contribution < -0.4 is 4.90 Å². The van der Waals surface area contributed by atoms with Crippen molar-refractivity contribution in [2.75, 3.05) is 37.7 Å². The molecule has 2 saturated heterocycles. The maximum absolute atomic E-state index is 13.8. The second-order valence-electron chi connectivity index (χ2n) is 9.81. The Balaban J connectivity index is 1.07. The number of fused-ring (bicyclic) bond motifs is 1. The Bertz CT molecular complexity index is 1460. The van der Waals surface area contributed by atoms with E-state index >= 15 is 0 Å². The maximum atomic E-state index is 13.8. The second-order valence-corrected chi connectivity index (χ2v) is 9.81. The Hall–Kier alpha value is -3.98. The van der Waals surface area contributed by atoms with Crippen molar-refractivity contribution in [2.45, 2.75) is 13.5 Å². The quantitative estimate of drug-likeness (QED) is 0.277. The molecule has 0 amide bonds. The zero-order chi connectivity index (χ0) is 25.4. The molecule has 2 fully saturated rings. The smallest absolute Gasteiger partial charge is 0.159 e. The predicted octanol–water partition coefficient (Wildman–Crippen LogP) is 4.41. The SMILES string of the molecule is CCON=C(c1ccc(F)c(F)c1)c1ccc(CN2CC3(C2)CN(c2ccc4cncnc4c2)C3)cn1. The van der Waals surface area contributed by atoms with Gasteiger partial charge in [0.25, 0.3) is 0 Å². The molecule has 0 saturated carbocycles. The first-order valence-corrected chi connectivity index (χ1v) is 12.3. The van der Waals surface area contributed by atoms with Crippen LogP contribution in [0.3, 0.4) is 0 Å². The number of likely N-dealkylation sites (tertiary alicyclic amines) is 1. The van der Waals surface area contributed by atoms with Gasteiger partial charge in [0.15, 0.2) is 11.6 Å². The average molecular weight is 501 g/mol. The minimum absolute atomic E-state index is 0.345. The number of hydrogen-bond acceptors (Lipinski definition) is 7. The highest BCUT2D eigenvalue weighted by molar-refractivity contribution is 6.11. The normalized spacial score (nSPS) is 17.1. The second kappa shape index (κ2) is 9.48. The number of anilines is 1. The van der Waals surface area contributed by atoms with Crippen molar-refractivity contribution in [3.05, 3.63) is 95.7 Å². The number of halogens is 2. The highest BCUT2D eigenvalue weighted by Gasteiger charge is 2.51. The first-order chi connectivity index (χ1) is 18.0. The fourth-order valence-electron chi connectivity index (χ4n) is 5.26. The van der Waals surface area contributed by atoms with Crippen molar-refractivity contribution in [3.63, 3.8) is 0 Å². The predicted molar refractivity (Wildman–Crippen MR) is 137 cm³/mol. The fourth-order valence-corrected chi connectivity index (χ4v) is 5.26. The van der Waals surface area contributed by atoms with Crippen molar-refractivity contribution in [1.29, 1.82) is 0 Å². The Morgan fingerprint density at radius 3 is 2.59 bits per heavy atom. The summed E-state index contributed by atoms with van der Waals surface area (Å²) in [5, 5.41) is 5.15. The Morgan fingerprint density at radius 2 is 1.84 bits per heavy atom. The van der Waals surface area contributed by atoms with Gasteiger partial charge in [-0.3, -0.25) is 9.88 Å². The molecule has 9 heteroatoms. The highest BCUT2D eigenvalue weighted by atomic mass is 19.2. The number of nitrogens with zero attached hydrogens (tertiary/aromatic N) is 6. The molecule has 0 unspecified atom stereocenters. The minimum Gasteiger partial charge on any atom is -0.396 e. The molecule has 188 valence electrons. The summed E-state index contributed by atoms with van der Waals surface area (Å²) in [7, 11) is 0. The van der Waals surface area contributed by atoms with Crippen molar-refractivity contribution in [1.82, 2.24) is 19.9 Å². The number of hydrogen-bond donors (Lipinski definition) is 0. The van der Waals surface area contributed by atoms with Crippen molar-refractivity contribution < 1.29 is 13.6 Å². The molecular formula is C28H26F2N6O. The van der Waals surface area contributed by atoms with Gasteiger partial charge in [0.1, 0.15) is 18.6 Å². The van der Waals surface area contributed by atoms with Crippen molar-refractivity contribution in [3.8, 4) is 0 Å². The van der Waals surface area contributed by atoms with Gasteiger partial charge >= 0.3 is 0 Å². The monoisotopic (exact) mass is 500 g/mol. The lowest BCUT2D eigenvalue weighted by atomic mass is 9.72. The minimum atomic E-state index is -0.936. The molecule has 2 aliphatic rings. The number of aromatic nitrogens is 3. The Kier molecular flexibility index (Phi) is 6.00. The molecule has 2 aliphatic heterocycles. The van der Waals surface area contributed by atoms with Gasteiger partial charge < -0.3 is 9.74 Å². The highest BCUT2D eigenvalue weighted by Crippen LogP contribution is 2.42. The molecule has 7 nitrogen and oxygen atoms in total. The number of rotatable bonds is 7. The number of oxime groups is 1. The van der Waals surface area contributed by atoms with E-state index in [1.807, 2.05) is 24.5 Å². The van der Waals surface area contributed by atoms with Gasteiger partial charge in [-0.15, -0.1) is 0 Å². The lowest BCUT2D eigenvalue weighted by Gasteiger charge is -2.61. The van der Waals surface area contributed by atoms with E-state index < -0.39 is 11.6 Å². The summed E-state index contributed by atoms with van der Waals surface area (Å²) in [5.74, 6) is -1.84. The third kappa shape index (κ3) is 4.62. The van der Waals surface area contributed by atoms with Crippen LogP contribution in [0, 0.1) is 17.0 Å². The number of benzene rings is 2. The van der Waals surface area contributed by atoms with Gasteiger partial charge in [0, 0.05) is 67.2 Å². The molecular weight excluding hydrogens is 474 g/mol. The van der Waals surface area contributed by atoms with Crippen LogP contribution in [0.25, 0.3) is 10.9 Å². The number of pyridine rings is 1. The first-order valence-electron chi connectivity index (χ1n) is 12.3. The standard InChI is InChI=1S/C28H26F2N6O/c1-2-37-34-27(20-5-7-23(29)24(30)9-20)25-8-3-19(11-32-25)13-35-14-28(15-35)16-36(17-28)22-6-4-21-12-31-18-33-26(21)10-22/h3-12,18H,2,13-17H2,1H3. The van der Waals surface area contributed by atoms with Gasteiger partial charge in [0.2, 0.25) is 0 Å². The van der Waals surface area contributed by atoms with E-state index in [4.69, 9.17) is 4.84 Å². The van der Waals surface area contributed by atoms with E-state index in [0.717, 1.165) is 61.3 Å². The van der Waals surface area contributed by atoms with E-state index in [9.17, 15) is 8.78 Å². The van der Waals surface area contributed by atoms with Crippen LogP contribution in [0.15, 0.2) is 72.4 Å². The molecule has 2 aromatic carbocycles. The molecule has 4 aromatic rings. The summed E-state index contributed by atoms with van der Waals surface area (Å²) in [5.41, 5.74) is 4.93. The lowest BCUT2D eigenvalue weighted by Crippen LogP contribution is -2.71. The molecule has 2 aromatic heterocycles. The maximum Gasteiger partial charge on any atom is 0.159 e. The third-order valence-corrected chi connectivity index (χ3v) is 6.98. The molecule has 0 N–H and O–H groups in total. The van der Waals surface area contributed by atoms with Gasteiger partial charge in [-0.1, -0.05) is 11.2 Å². The van der Waals surface area contributed by atoms with Gasteiger partial charge in [-0.25, -0.2) is 18.7 Å². The largest absolute Gasteiger partial charge is 0.396 e. The zero-order valence-corrected chi connectivity index (χ0v) is 20.4. The van der Waals surface area contributed by atoms with Crippen LogP contribution in [-0.4, -0.2) is 58.3 Å². The summed E-state index contributed by atoms with van der Waals surface area (Å²) in [4.78, 5) is 23.0. The van der Waals surface area contributed by atoms with Gasteiger partial charge in [0.05, 0.1) is 11.2 Å². The molecule has 37 heavy (non-hydrogen) atoms. The first kappa shape index (κ1) is 23.4. The van der Waals surface area contributed by atoms with Gasteiger partial charge in [-0.2, -0.15) is 0 Å². The van der Waals surface area contributed by atoms with Crippen LogP contribution in [0.5, 0.6) is 0 Å².